The molecule has 0 unspecified atom stereocenters. The van der Waals surface area contributed by atoms with Crippen LogP contribution in [0.3, 0.4) is 0 Å². The van der Waals surface area contributed by atoms with Gasteiger partial charge in [0.1, 0.15) is 5.01 Å². The van der Waals surface area contributed by atoms with Crippen molar-refractivity contribution in [3.8, 4) is 0 Å². The highest BCUT2D eigenvalue weighted by Crippen LogP contribution is 2.28. The van der Waals surface area contributed by atoms with Gasteiger partial charge >= 0.3 is 5.97 Å². The quantitative estimate of drug-likeness (QED) is 0.338. The molecule has 0 bridgehead atoms. The van der Waals surface area contributed by atoms with E-state index in [2.05, 4.69) is 17.1 Å². The van der Waals surface area contributed by atoms with E-state index in [0.29, 0.717) is 5.01 Å². The standard InChI is InChI=1S/C20H19NO3S2/c1-3-24-20(23)18(19-21-13(2)11-26-19)17(22)12-25-16-9-8-14-6-4-5-7-15(14)10-16/h4-11,18H,3,12H2,1-2H3/t18-/m0/s1. The number of rotatable bonds is 7. The summed E-state index contributed by atoms with van der Waals surface area (Å²) in [5.41, 5.74) is 0.800. The van der Waals surface area contributed by atoms with Gasteiger partial charge < -0.3 is 4.74 Å². The minimum Gasteiger partial charge on any atom is -0.465 e. The Bertz CT molecular complexity index is 935. The van der Waals surface area contributed by atoms with Crippen molar-refractivity contribution in [2.45, 2.75) is 24.7 Å². The molecule has 6 heteroatoms. The fraction of sp³-hybridized carbons (Fsp3) is 0.250. The number of hydrogen-bond donors (Lipinski definition) is 0. The molecule has 134 valence electrons. The first-order valence-corrected chi connectivity index (χ1v) is 10.2. The van der Waals surface area contributed by atoms with Gasteiger partial charge in [0.15, 0.2) is 11.7 Å². The Morgan fingerprint density at radius 2 is 1.96 bits per heavy atom. The third-order valence-electron chi connectivity index (χ3n) is 3.83. The monoisotopic (exact) mass is 385 g/mol. The lowest BCUT2D eigenvalue weighted by Gasteiger charge is -2.12. The highest BCUT2D eigenvalue weighted by molar-refractivity contribution is 8.00. The number of thiazole rings is 1. The van der Waals surface area contributed by atoms with Crippen LogP contribution in [0.2, 0.25) is 0 Å². The van der Waals surface area contributed by atoms with Crippen LogP contribution in [0.4, 0.5) is 0 Å². The van der Waals surface area contributed by atoms with E-state index in [1.807, 2.05) is 42.6 Å². The summed E-state index contributed by atoms with van der Waals surface area (Å²) in [4.78, 5) is 30.4. The van der Waals surface area contributed by atoms with E-state index in [9.17, 15) is 9.59 Å². The van der Waals surface area contributed by atoms with Crippen molar-refractivity contribution >= 4 is 45.6 Å². The number of carbonyl (C=O) groups excluding carboxylic acids is 2. The molecule has 0 saturated carbocycles. The number of carbonyl (C=O) groups is 2. The average molecular weight is 386 g/mol. The highest BCUT2D eigenvalue weighted by Gasteiger charge is 2.32. The summed E-state index contributed by atoms with van der Waals surface area (Å²) in [6.07, 6.45) is 0. The van der Waals surface area contributed by atoms with E-state index in [4.69, 9.17) is 4.74 Å². The van der Waals surface area contributed by atoms with Crippen LogP contribution in [0.25, 0.3) is 10.8 Å². The van der Waals surface area contributed by atoms with Gasteiger partial charge in [-0.15, -0.1) is 23.1 Å². The maximum absolute atomic E-state index is 12.8. The zero-order valence-corrected chi connectivity index (χ0v) is 16.2. The van der Waals surface area contributed by atoms with Crippen LogP contribution in [0.15, 0.2) is 52.7 Å². The Hall–Kier alpha value is -2.18. The lowest BCUT2D eigenvalue weighted by molar-refractivity contribution is -0.147. The van der Waals surface area contributed by atoms with Crippen molar-refractivity contribution in [1.29, 1.82) is 0 Å². The molecule has 3 aromatic rings. The van der Waals surface area contributed by atoms with Crippen molar-refractivity contribution in [2.24, 2.45) is 0 Å². The Balaban J connectivity index is 1.75. The van der Waals surface area contributed by atoms with E-state index in [-0.39, 0.29) is 18.1 Å². The first kappa shape index (κ1) is 18.6. The summed E-state index contributed by atoms with van der Waals surface area (Å²) >= 11 is 2.75. The van der Waals surface area contributed by atoms with Gasteiger partial charge in [0.2, 0.25) is 0 Å². The highest BCUT2D eigenvalue weighted by atomic mass is 32.2. The van der Waals surface area contributed by atoms with Gasteiger partial charge in [-0.25, -0.2) is 4.98 Å². The SMILES string of the molecule is CCOC(=O)[C@@H](C(=O)CSc1ccc2ccccc2c1)c1nc(C)cs1. The van der Waals surface area contributed by atoms with E-state index >= 15 is 0 Å². The maximum atomic E-state index is 12.8. The number of esters is 1. The van der Waals surface area contributed by atoms with Crippen molar-refractivity contribution in [2.75, 3.05) is 12.4 Å². The summed E-state index contributed by atoms with van der Waals surface area (Å²) in [5.74, 6) is -1.45. The van der Waals surface area contributed by atoms with Crippen LogP contribution in [0.1, 0.15) is 23.5 Å². The molecule has 26 heavy (non-hydrogen) atoms. The molecule has 1 aromatic heterocycles. The predicted molar refractivity (Wildman–Crippen MR) is 106 cm³/mol. The molecule has 1 heterocycles. The van der Waals surface area contributed by atoms with Crippen LogP contribution >= 0.6 is 23.1 Å². The van der Waals surface area contributed by atoms with E-state index < -0.39 is 11.9 Å². The topological polar surface area (TPSA) is 56.3 Å². The number of benzene rings is 2. The smallest absolute Gasteiger partial charge is 0.323 e. The molecule has 0 aliphatic heterocycles. The summed E-state index contributed by atoms with van der Waals surface area (Å²) in [6.45, 7) is 3.82. The zero-order chi connectivity index (χ0) is 18.5. The van der Waals surface area contributed by atoms with Crippen LogP contribution < -0.4 is 0 Å². The van der Waals surface area contributed by atoms with Crippen molar-refractivity contribution in [3.63, 3.8) is 0 Å². The van der Waals surface area contributed by atoms with Crippen LogP contribution in [0, 0.1) is 6.92 Å². The molecular formula is C20H19NO3S2. The number of Topliss-reactive ketones (excluding diaryl/α,β-unsaturated/α-hetero) is 1. The van der Waals surface area contributed by atoms with Gasteiger partial charge in [-0.1, -0.05) is 30.3 Å². The number of nitrogens with zero attached hydrogens (tertiary/aromatic N) is 1. The van der Waals surface area contributed by atoms with Crippen LogP contribution in [-0.2, 0) is 14.3 Å². The number of thioether (sulfide) groups is 1. The molecule has 0 fully saturated rings. The normalized spacial score (nSPS) is 12.1. The number of aryl methyl sites for hydroxylation is 1. The Morgan fingerprint density at radius 1 is 1.19 bits per heavy atom. The van der Waals surface area contributed by atoms with Gasteiger partial charge in [-0.2, -0.15) is 0 Å². The van der Waals surface area contributed by atoms with E-state index in [0.717, 1.165) is 21.4 Å². The molecule has 3 rings (SSSR count). The number of ether oxygens (including phenoxy) is 1. The molecule has 0 aliphatic rings. The molecule has 0 amide bonds. The molecule has 2 aromatic carbocycles. The Labute approximate surface area is 160 Å². The molecule has 4 nitrogen and oxygen atoms in total. The van der Waals surface area contributed by atoms with Crippen LogP contribution in [0.5, 0.6) is 0 Å². The predicted octanol–water partition coefficient (Wildman–Crippen LogP) is 4.61. The van der Waals surface area contributed by atoms with Gasteiger partial charge in [0, 0.05) is 16.0 Å². The zero-order valence-electron chi connectivity index (χ0n) is 14.6. The number of aromatic nitrogens is 1. The second-order valence-electron chi connectivity index (χ2n) is 5.78. The number of ketones is 1. The fourth-order valence-electron chi connectivity index (χ4n) is 2.60. The Morgan fingerprint density at radius 3 is 2.65 bits per heavy atom. The van der Waals surface area contributed by atoms with E-state index in [1.165, 1.54) is 23.1 Å². The summed E-state index contributed by atoms with van der Waals surface area (Å²) in [7, 11) is 0. The van der Waals surface area contributed by atoms with Gasteiger partial charge in [-0.05, 0) is 36.8 Å². The average Bonchev–Trinajstić information content (AvgIpc) is 3.06. The lowest BCUT2D eigenvalue weighted by Crippen LogP contribution is -2.25. The fourth-order valence-corrected chi connectivity index (χ4v) is 4.35. The van der Waals surface area contributed by atoms with Crippen LogP contribution in [-0.4, -0.2) is 29.1 Å². The molecule has 0 spiro atoms. The second-order valence-corrected chi connectivity index (χ2v) is 7.71. The molecule has 0 radical (unpaired) electrons. The Kier molecular flexibility index (Phi) is 6.06. The molecule has 0 N–H and O–H groups in total. The third kappa shape index (κ3) is 4.31. The molecule has 0 saturated heterocycles. The van der Waals surface area contributed by atoms with Gasteiger partial charge in [-0.3, -0.25) is 9.59 Å². The molecular weight excluding hydrogens is 366 g/mol. The molecule has 1 atom stereocenters. The van der Waals surface area contributed by atoms with E-state index in [1.54, 1.807) is 6.92 Å². The first-order valence-electron chi connectivity index (χ1n) is 8.31. The first-order chi connectivity index (χ1) is 12.6. The number of hydrogen-bond acceptors (Lipinski definition) is 6. The summed E-state index contributed by atoms with van der Waals surface area (Å²) in [5, 5.41) is 4.63. The number of fused-ring (bicyclic) bond motifs is 1. The maximum Gasteiger partial charge on any atom is 0.323 e. The summed E-state index contributed by atoms with van der Waals surface area (Å²) < 4.78 is 5.10. The van der Waals surface area contributed by atoms with Gasteiger partial charge in [0.25, 0.3) is 0 Å². The van der Waals surface area contributed by atoms with Crippen molar-refractivity contribution < 1.29 is 14.3 Å². The largest absolute Gasteiger partial charge is 0.465 e. The molecule has 0 aliphatic carbocycles. The minimum atomic E-state index is -0.943. The van der Waals surface area contributed by atoms with Gasteiger partial charge in [0.05, 0.1) is 12.4 Å². The minimum absolute atomic E-state index is 0.184. The van der Waals surface area contributed by atoms with Crippen molar-refractivity contribution in [3.05, 3.63) is 58.5 Å². The third-order valence-corrected chi connectivity index (χ3v) is 5.87. The summed E-state index contributed by atoms with van der Waals surface area (Å²) in [6, 6.07) is 14.2. The second kappa shape index (κ2) is 8.47. The lowest BCUT2D eigenvalue weighted by atomic mass is 10.1. The van der Waals surface area contributed by atoms with Crippen molar-refractivity contribution in [1.82, 2.24) is 4.98 Å².